The Bertz CT molecular complexity index is 857. The Morgan fingerprint density at radius 3 is 2.71 bits per heavy atom. The standard InChI is InChI=1S/C23H26N2O3/c1-2-8-19(17-12-13-20-21(15-17)28-16-27-20)23(26)25(18-9-4-3-5-10-18)22-11-6-7-14-24-22/h6-8,11-15,18H,2-5,9-10,16H2,1H3/b19-8-. The van der Waals surface area contributed by atoms with Gasteiger partial charge in [-0.15, -0.1) is 0 Å². The maximum Gasteiger partial charge on any atom is 0.259 e. The monoisotopic (exact) mass is 378 g/mol. The number of fused-ring (bicyclic) bond motifs is 1. The molecule has 2 aliphatic rings. The molecule has 1 amide bonds. The van der Waals surface area contributed by atoms with Crippen LogP contribution in [0.2, 0.25) is 0 Å². The number of rotatable bonds is 5. The van der Waals surface area contributed by atoms with Crippen molar-refractivity contribution < 1.29 is 14.3 Å². The maximum atomic E-state index is 13.8. The van der Waals surface area contributed by atoms with Crippen LogP contribution in [-0.4, -0.2) is 23.7 Å². The van der Waals surface area contributed by atoms with Crippen LogP contribution < -0.4 is 14.4 Å². The number of pyridine rings is 1. The number of nitrogens with zero attached hydrogens (tertiary/aromatic N) is 2. The van der Waals surface area contributed by atoms with E-state index in [1.807, 2.05) is 54.3 Å². The van der Waals surface area contributed by atoms with E-state index in [1.165, 1.54) is 6.42 Å². The van der Waals surface area contributed by atoms with Crippen molar-refractivity contribution in [2.45, 2.75) is 51.5 Å². The molecule has 1 aliphatic heterocycles. The molecule has 28 heavy (non-hydrogen) atoms. The van der Waals surface area contributed by atoms with Crippen LogP contribution in [0.5, 0.6) is 11.5 Å². The Kier molecular flexibility index (Phi) is 5.60. The lowest BCUT2D eigenvalue weighted by Crippen LogP contribution is -2.42. The fraction of sp³-hybridized carbons (Fsp3) is 0.391. The van der Waals surface area contributed by atoms with Gasteiger partial charge in [-0.1, -0.05) is 44.4 Å². The summed E-state index contributed by atoms with van der Waals surface area (Å²) in [4.78, 5) is 20.2. The first-order chi connectivity index (χ1) is 13.8. The largest absolute Gasteiger partial charge is 0.454 e. The molecule has 0 radical (unpaired) electrons. The molecule has 1 aliphatic carbocycles. The normalized spacial score (nSPS) is 16.8. The molecule has 2 heterocycles. The Morgan fingerprint density at radius 2 is 1.96 bits per heavy atom. The number of carbonyl (C=O) groups excluding carboxylic acids is 1. The third-order valence-corrected chi connectivity index (χ3v) is 5.38. The van der Waals surface area contributed by atoms with E-state index < -0.39 is 0 Å². The fourth-order valence-corrected chi connectivity index (χ4v) is 4.02. The minimum atomic E-state index is 0.00585. The molecule has 1 fully saturated rings. The van der Waals surface area contributed by atoms with Gasteiger partial charge < -0.3 is 9.47 Å². The van der Waals surface area contributed by atoms with Crippen molar-refractivity contribution in [1.29, 1.82) is 0 Å². The Balaban J connectivity index is 1.71. The molecule has 5 nitrogen and oxygen atoms in total. The molecular weight excluding hydrogens is 352 g/mol. The summed E-state index contributed by atoms with van der Waals surface area (Å²) in [5.41, 5.74) is 1.55. The van der Waals surface area contributed by atoms with Crippen molar-refractivity contribution >= 4 is 17.3 Å². The van der Waals surface area contributed by atoms with Gasteiger partial charge in [-0.2, -0.15) is 0 Å². The van der Waals surface area contributed by atoms with E-state index >= 15 is 0 Å². The summed E-state index contributed by atoms with van der Waals surface area (Å²) in [5, 5.41) is 0. The molecule has 1 aromatic carbocycles. The van der Waals surface area contributed by atoms with Crippen LogP contribution in [0.3, 0.4) is 0 Å². The van der Waals surface area contributed by atoms with E-state index in [9.17, 15) is 4.79 Å². The van der Waals surface area contributed by atoms with Crippen LogP contribution >= 0.6 is 0 Å². The van der Waals surface area contributed by atoms with Gasteiger partial charge in [0.1, 0.15) is 5.82 Å². The SMILES string of the molecule is CC/C=C(\C(=O)N(c1ccccn1)C1CCCCC1)c1ccc2c(c1)OCO2. The average molecular weight is 378 g/mol. The van der Waals surface area contributed by atoms with Crippen molar-refractivity contribution in [1.82, 2.24) is 4.98 Å². The number of hydrogen-bond donors (Lipinski definition) is 0. The number of hydrogen-bond acceptors (Lipinski definition) is 4. The van der Waals surface area contributed by atoms with Crippen LogP contribution in [0.15, 0.2) is 48.7 Å². The van der Waals surface area contributed by atoms with Crippen molar-refractivity contribution in [3.63, 3.8) is 0 Å². The van der Waals surface area contributed by atoms with Crippen molar-refractivity contribution in [2.24, 2.45) is 0 Å². The van der Waals surface area contributed by atoms with E-state index in [1.54, 1.807) is 6.20 Å². The van der Waals surface area contributed by atoms with Crippen LogP contribution in [0.4, 0.5) is 5.82 Å². The van der Waals surface area contributed by atoms with E-state index in [0.29, 0.717) is 11.3 Å². The zero-order valence-corrected chi connectivity index (χ0v) is 16.3. The molecule has 0 saturated heterocycles. The first-order valence-corrected chi connectivity index (χ1v) is 10.1. The molecule has 1 aromatic heterocycles. The Labute approximate surface area is 166 Å². The molecule has 0 spiro atoms. The second-order valence-electron chi connectivity index (χ2n) is 7.25. The molecule has 2 aromatic rings. The Morgan fingerprint density at radius 1 is 1.14 bits per heavy atom. The number of benzene rings is 1. The highest BCUT2D eigenvalue weighted by molar-refractivity contribution is 6.26. The lowest BCUT2D eigenvalue weighted by Gasteiger charge is -2.34. The lowest BCUT2D eigenvalue weighted by molar-refractivity contribution is -0.114. The average Bonchev–Trinajstić information content (AvgIpc) is 3.21. The van der Waals surface area contributed by atoms with Crippen LogP contribution in [0.1, 0.15) is 51.0 Å². The third-order valence-electron chi connectivity index (χ3n) is 5.38. The van der Waals surface area contributed by atoms with E-state index in [2.05, 4.69) is 4.98 Å². The summed E-state index contributed by atoms with van der Waals surface area (Å²) in [6, 6.07) is 11.6. The van der Waals surface area contributed by atoms with Gasteiger partial charge in [0.05, 0.1) is 0 Å². The molecule has 4 rings (SSSR count). The van der Waals surface area contributed by atoms with Crippen molar-refractivity contribution in [3.8, 4) is 11.5 Å². The minimum absolute atomic E-state index is 0.00585. The number of anilines is 1. The summed E-state index contributed by atoms with van der Waals surface area (Å²) in [6.07, 6.45) is 10.1. The molecule has 0 N–H and O–H groups in total. The molecule has 1 saturated carbocycles. The number of allylic oxidation sites excluding steroid dienone is 1. The zero-order chi connectivity index (χ0) is 19.3. The second-order valence-corrected chi connectivity index (χ2v) is 7.25. The van der Waals surface area contributed by atoms with Crippen molar-refractivity contribution in [3.05, 3.63) is 54.2 Å². The molecule has 5 heteroatoms. The maximum absolute atomic E-state index is 13.8. The van der Waals surface area contributed by atoms with Gasteiger partial charge in [-0.05, 0) is 49.1 Å². The summed E-state index contributed by atoms with van der Waals surface area (Å²) in [7, 11) is 0. The van der Waals surface area contributed by atoms with Crippen LogP contribution in [0.25, 0.3) is 5.57 Å². The highest BCUT2D eigenvalue weighted by Gasteiger charge is 2.30. The minimum Gasteiger partial charge on any atom is -0.454 e. The topological polar surface area (TPSA) is 51.7 Å². The Hall–Kier alpha value is -2.82. The van der Waals surface area contributed by atoms with E-state index in [4.69, 9.17) is 9.47 Å². The molecule has 0 bridgehead atoms. The zero-order valence-electron chi connectivity index (χ0n) is 16.3. The second kappa shape index (κ2) is 8.46. The number of ether oxygens (including phenoxy) is 2. The molecule has 0 atom stereocenters. The lowest BCUT2D eigenvalue weighted by atomic mass is 9.92. The highest BCUT2D eigenvalue weighted by atomic mass is 16.7. The summed E-state index contributed by atoms with van der Waals surface area (Å²) in [5.74, 6) is 2.14. The van der Waals surface area contributed by atoms with Gasteiger partial charge in [0.25, 0.3) is 5.91 Å². The number of aromatic nitrogens is 1. The van der Waals surface area contributed by atoms with Gasteiger partial charge >= 0.3 is 0 Å². The predicted molar refractivity (Wildman–Crippen MR) is 109 cm³/mol. The van der Waals surface area contributed by atoms with Gasteiger partial charge in [-0.3, -0.25) is 9.69 Å². The fourth-order valence-electron chi connectivity index (χ4n) is 4.02. The quantitative estimate of drug-likeness (QED) is 0.689. The first kappa shape index (κ1) is 18.5. The van der Waals surface area contributed by atoms with Crippen LogP contribution in [-0.2, 0) is 4.79 Å². The third kappa shape index (κ3) is 3.75. The molecule has 0 unspecified atom stereocenters. The van der Waals surface area contributed by atoms with E-state index in [-0.39, 0.29) is 18.7 Å². The number of amides is 1. The predicted octanol–water partition coefficient (Wildman–Crippen LogP) is 4.97. The molecular formula is C23H26N2O3. The van der Waals surface area contributed by atoms with Gasteiger partial charge in [0, 0.05) is 17.8 Å². The van der Waals surface area contributed by atoms with E-state index in [0.717, 1.165) is 49.2 Å². The van der Waals surface area contributed by atoms with Gasteiger partial charge in [-0.25, -0.2) is 4.98 Å². The van der Waals surface area contributed by atoms with Gasteiger partial charge in [0.2, 0.25) is 6.79 Å². The summed E-state index contributed by atoms with van der Waals surface area (Å²) in [6.45, 7) is 2.27. The number of carbonyl (C=O) groups is 1. The van der Waals surface area contributed by atoms with Crippen LogP contribution in [0, 0.1) is 0 Å². The smallest absolute Gasteiger partial charge is 0.259 e. The summed E-state index contributed by atoms with van der Waals surface area (Å²) >= 11 is 0. The molecule has 146 valence electrons. The summed E-state index contributed by atoms with van der Waals surface area (Å²) < 4.78 is 10.9. The highest BCUT2D eigenvalue weighted by Crippen LogP contribution is 2.36. The first-order valence-electron chi connectivity index (χ1n) is 10.1. The van der Waals surface area contributed by atoms with Gasteiger partial charge in [0.15, 0.2) is 11.5 Å². The van der Waals surface area contributed by atoms with Crippen molar-refractivity contribution in [2.75, 3.05) is 11.7 Å².